The molecule has 5 nitrogen and oxygen atoms in total. The molecule has 0 saturated carbocycles. The highest BCUT2D eigenvalue weighted by atomic mass is 16.5. The van der Waals surface area contributed by atoms with Gasteiger partial charge in [-0.1, -0.05) is 30.3 Å². The first kappa shape index (κ1) is 14.9. The van der Waals surface area contributed by atoms with Crippen LogP contribution in [0, 0.1) is 0 Å². The number of hydrogen-bond donors (Lipinski definition) is 1. The van der Waals surface area contributed by atoms with Crippen LogP contribution >= 0.6 is 0 Å². The highest BCUT2D eigenvalue weighted by Gasteiger charge is 2.10. The maximum atomic E-state index is 11.4. The van der Waals surface area contributed by atoms with Crippen molar-refractivity contribution in [3.63, 3.8) is 0 Å². The van der Waals surface area contributed by atoms with Crippen LogP contribution in [0.15, 0.2) is 42.1 Å². The summed E-state index contributed by atoms with van der Waals surface area (Å²) in [7, 11) is 1.25. The third-order valence-electron chi connectivity index (χ3n) is 2.23. The van der Waals surface area contributed by atoms with Crippen LogP contribution in [0.4, 0.5) is 0 Å². The number of esters is 1. The minimum absolute atomic E-state index is 0.0862. The number of ether oxygens (including phenoxy) is 2. The summed E-state index contributed by atoms with van der Waals surface area (Å²) in [5, 5.41) is 2.40. The van der Waals surface area contributed by atoms with Crippen LogP contribution in [0.3, 0.4) is 0 Å². The van der Waals surface area contributed by atoms with Crippen LogP contribution in [-0.2, 0) is 25.7 Å². The summed E-state index contributed by atoms with van der Waals surface area (Å²) in [6.45, 7) is 1.97. The molecule has 1 aromatic carbocycles. The Bertz CT molecular complexity index is 454. The fraction of sp³-hybridized carbons (Fsp3) is 0.286. The van der Waals surface area contributed by atoms with Crippen LogP contribution in [0.5, 0.6) is 0 Å². The Morgan fingerprint density at radius 2 is 1.95 bits per heavy atom. The lowest BCUT2D eigenvalue weighted by Gasteiger charge is -2.06. The summed E-state index contributed by atoms with van der Waals surface area (Å²) in [5.41, 5.74) is 1.12. The van der Waals surface area contributed by atoms with Crippen molar-refractivity contribution in [3.05, 3.63) is 47.7 Å². The smallest absolute Gasteiger partial charge is 0.354 e. The molecule has 1 rings (SSSR count). The summed E-state index contributed by atoms with van der Waals surface area (Å²) in [4.78, 5) is 22.3. The minimum atomic E-state index is -0.599. The molecule has 1 aromatic rings. The van der Waals surface area contributed by atoms with E-state index in [1.165, 1.54) is 20.1 Å². The Labute approximate surface area is 112 Å². The molecule has 0 aromatic heterocycles. The van der Waals surface area contributed by atoms with Crippen molar-refractivity contribution in [2.24, 2.45) is 0 Å². The Kier molecular flexibility index (Phi) is 6.32. The first-order chi connectivity index (χ1) is 9.13. The van der Waals surface area contributed by atoms with Gasteiger partial charge in [0.2, 0.25) is 5.91 Å². The quantitative estimate of drug-likeness (QED) is 0.478. The van der Waals surface area contributed by atoms with E-state index in [0.29, 0.717) is 6.61 Å². The van der Waals surface area contributed by atoms with Crippen molar-refractivity contribution in [3.8, 4) is 0 Å². The van der Waals surface area contributed by atoms with Gasteiger partial charge < -0.3 is 14.8 Å². The van der Waals surface area contributed by atoms with Crippen molar-refractivity contribution in [1.82, 2.24) is 5.32 Å². The zero-order chi connectivity index (χ0) is 14.1. The standard InChI is InChI=1S/C14H17NO4/c1-11(16)15-13(14(17)18-2)8-9-19-10-12-6-4-3-5-7-12/h3-8H,9-10H2,1-2H3,(H,15,16)/b13-8-. The molecule has 102 valence electrons. The van der Waals surface area contributed by atoms with E-state index in [0.717, 1.165) is 5.56 Å². The molecule has 19 heavy (non-hydrogen) atoms. The van der Waals surface area contributed by atoms with E-state index >= 15 is 0 Å². The topological polar surface area (TPSA) is 64.6 Å². The van der Waals surface area contributed by atoms with Gasteiger partial charge in [-0.05, 0) is 11.6 Å². The average molecular weight is 263 g/mol. The van der Waals surface area contributed by atoms with Crippen molar-refractivity contribution < 1.29 is 19.1 Å². The molecule has 1 amide bonds. The van der Waals surface area contributed by atoms with Gasteiger partial charge >= 0.3 is 5.97 Å². The van der Waals surface area contributed by atoms with Crippen molar-refractivity contribution >= 4 is 11.9 Å². The molecule has 0 heterocycles. The zero-order valence-electron chi connectivity index (χ0n) is 11.0. The lowest BCUT2D eigenvalue weighted by molar-refractivity contribution is -0.137. The summed E-state index contributed by atoms with van der Waals surface area (Å²) >= 11 is 0. The van der Waals surface area contributed by atoms with E-state index in [9.17, 15) is 9.59 Å². The van der Waals surface area contributed by atoms with Gasteiger partial charge in [0.25, 0.3) is 0 Å². The first-order valence-electron chi connectivity index (χ1n) is 5.81. The summed E-state index contributed by atoms with van der Waals surface area (Å²) < 4.78 is 9.94. The Morgan fingerprint density at radius 1 is 1.26 bits per heavy atom. The first-order valence-corrected chi connectivity index (χ1v) is 5.81. The van der Waals surface area contributed by atoms with Crippen LogP contribution in [0.1, 0.15) is 12.5 Å². The normalized spacial score (nSPS) is 10.9. The van der Waals surface area contributed by atoms with E-state index in [2.05, 4.69) is 10.1 Å². The Hall–Kier alpha value is -2.14. The van der Waals surface area contributed by atoms with Crippen LogP contribution < -0.4 is 5.32 Å². The summed E-state index contributed by atoms with van der Waals surface area (Å²) in [5.74, 6) is -0.932. The second-order valence-corrected chi connectivity index (χ2v) is 3.79. The molecular formula is C14H17NO4. The maximum Gasteiger partial charge on any atom is 0.354 e. The average Bonchev–Trinajstić information content (AvgIpc) is 2.42. The van der Waals surface area contributed by atoms with Gasteiger partial charge in [0.15, 0.2) is 0 Å². The van der Waals surface area contributed by atoms with Crippen molar-refractivity contribution in [2.45, 2.75) is 13.5 Å². The number of methoxy groups -OCH3 is 1. The number of hydrogen-bond acceptors (Lipinski definition) is 4. The Balaban J connectivity index is 2.47. The number of amides is 1. The monoisotopic (exact) mass is 263 g/mol. The maximum absolute atomic E-state index is 11.4. The van der Waals surface area contributed by atoms with Gasteiger partial charge in [-0.25, -0.2) is 4.79 Å². The van der Waals surface area contributed by atoms with Gasteiger partial charge in [0, 0.05) is 6.92 Å². The van der Waals surface area contributed by atoms with E-state index < -0.39 is 5.97 Å². The zero-order valence-corrected chi connectivity index (χ0v) is 11.0. The number of carbonyl (C=O) groups excluding carboxylic acids is 2. The second kappa shape index (κ2) is 8.05. The molecule has 0 radical (unpaired) electrons. The molecule has 0 aliphatic carbocycles. The molecule has 0 bridgehead atoms. The van der Waals surface area contributed by atoms with E-state index in [1.807, 2.05) is 30.3 Å². The number of carbonyl (C=O) groups is 2. The van der Waals surface area contributed by atoms with Crippen LogP contribution in [-0.4, -0.2) is 25.6 Å². The molecule has 1 N–H and O–H groups in total. The van der Waals surface area contributed by atoms with Crippen molar-refractivity contribution in [1.29, 1.82) is 0 Å². The highest BCUT2D eigenvalue weighted by Crippen LogP contribution is 2.01. The molecule has 0 fully saturated rings. The number of benzene rings is 1. The minimum Gasteiger partial charge on any atom is -0.464 e. The molecule has 0 aliphatic heterocycles. The fourth-order valence-corrected chi connectivity index (χ4v) is 1.38. The fourth-order valence-electron chi connectivity index (χ4n) is 1.38. The third-order valence-corrected chi connectivity index (χ3v) is 2.23. The molecule has 0 aliphatic rings. The summed E-state index contributed by atoms with van der Waals surface area (Å²) in [6, 6.07) is 9.66. The molecule has 0 atom stereocenters. The molecule has 0 spiro atoms. The predicted molar refractivity (Wildman–Crippen MR) is 70.0 cm³/mol. The van der Waals surface area contributed by atoms with Crippen LogP contribution in [0.25, 0.3) is 0 Å². The lowest BCUT2D eigenvalue weighted by atomic mass is 10.2. The van der Waals surface area contributed by atoms with Crippen molar-refractivity contribution in [2.75, 3.05) is 13.7 Å². The van der Waals surface area contributed by atoms with Crippen LogP contribution in [0.2, 0.25) is 0 Å². The van der Waals surface area contributed by atoms with Gasteiger partial charge in [-0.15, -0.1) is 0 Å². The largest absolute Gasteiger partial charge is 0.464 e. The number of rotatable bonds is 6. The van der Waals surface area contributed by atoms with Gasteiger partial charge in [0.1, 0.15) is 5.70 Å². The Morgan fingerprint density at radius 3 is 2.53 bits per heavy atom. The predicted octanol–water partition coefficient (Wildman–Crippen LogP) is 1.40. The van der Waals surface area contributed by atoms with Gasteiger partial charge in [-0.2, -0.15) is 0 Å². The molecule has 0 unspecified atom stereocenters. The summed E-state index contributed by atoms with van der Waals surface area (Å²) in [6.07, 6.45) is 1.48. The van der Waals surface area contributed by atoms with Gasteiger partial charge in [0.05, 0.1) is 20.3 Å². The SMILES string of the molecule is COC(=O)/C(=C/COCc1ccccc1)NC(C)=O. The van der Waals surface area contributed by atoms with Gasteiger partial charge in [-0.3, -0.25) is 4.79 Å². The number of nitrogens with one attached hydrogen (secondary N) is 1. The molecule has 5 heteroatoms. The molecule has 0 saturated heterocycles. The third kappa shape index (κ3) is 5.83. The van der Waals surface area contributed by atoms with E-state index in [-0.39, 0.29) is 18.2 Å². The lowest BCUT2D eigenvalue weighted by Crippen LogP contribution is -2.26. The highest BCUT2D eigenvalue weighted by molar-refractivity contribution is 5.93. The van der Waals surface area contributed by atoms with E-state index in [1.54, 1.807) is 0 Å². The molecular weight excluding hydrogens is 246 g/mol. The second-order valence-electron chi connectivity index (χ2n) is 3.79. The van der Waals surface area contributed by atoms with E-state index in [4.69, 9.17) is 4.74 Å².